The number of allylic oxidation sites excluding steroid dienone is 1. The number of aromatic nitrogens is 3. The van der Waals surface area contributed by atoms with Gasteiger partial charge in [0.1, 0.15) is 24.7 Å². The second kappa shape index (κ2) is 11.3. The lowest BCUT2D eigenvalue weighted by Gasteiger charge is -2.10. The lowest BCUT2D eigenvalue weighted by atomic mass is 10.2. The first-order valence-corrected chi connectivity index (χ1v) is 11.7. The molecule has 0 atom stereocenters. The number of nitrogens with zero attached hydrogens (tertiary/aromatic N) is 3. The van der Waals surface area contributed by atoms with Crippen LogP contribution < -0.4 is 4.74 Å². The maximum absolute atomic E-state index is 12.7. The largest absolute Gasteiger partial charge is 0.497 e. The van der Waals surface area contributed by atoms with Gasteiger partial charge in [0.25, 0.3) is 5.76 Å². The molecule has 0 saturated heterocycles. The van der Waals surface area contributed by atoms with E-state index in [0.717, 1.165) is 22.4 Å². The van der Waals surface area contributed by atoms with Crippen LogP contribution >= 0.6 is 0 Å². The van der Waals surface area contributed by atoms with Crippen LogP contribution in [0.1, 0.15) is 11.1 Å². The van der Waals surface area contributed by atoms with Crippen molar-refractivity contribution in [3.63, 3.8) is 0 Å². The van der Waals surface area contributed by atoms with Crippen LogP contribution in [0.5, 0.6) is 5.75 Å². The smallest absolute Gasteiger partial charge is 0.383 e. The number of ether oxygens (including phenoxy) is 4. The molecule has 1 aromatic heterocycles. The zero-order chi connectivity index (χ0) is 25.5. The third-order valence-corrected chi connectivity index (χ3v) is 5.66. The van der Waals surface area contributed by atoms with Gasteiger partial charge in [-0.1, -0.05) is 65.9 Å². The highest BCUT2D eigenvalue weighted by Gasteiger charge is 2.34. The molecular formula is C29H25N3O5. The van der Waals surface area contributed by atoms with Gasteiger partial charge in [-0.15, -0.1) is 5.10 Å². The summed E-state index contributed by atoms with van der Waals surface area (Å²) in [7, 11) is 1.62. The number of methoxy groups -OCH3 is 1. The summed E-state index contributed by atoms with van der Waals surface area (Å²) in [6.07, 6.45) is 3.54. The molecule has 5 rings (SSSR count). The zero-order valence-electron chi connectivity index (χ0n) is 20.2. The van der Waals surface area contributed by atoms with Gasteiger partial charge in [-0.25, -0.2) is 9.48 Å². The van der Waals surface area contributed by atoms with Crippen molar-refractivity contribution in [3.05, 3.63) is 126 Å². The van der Waals surface area contributed by atoms with Gasteiger partial charge in [0.15, 0.2) is 5.76 Å². The Morgan fingerprint density at radius 1 is 0.838 bits per heavy atom. The molecule has 37 heavy (non-hydrogen) atoms. The molecule has 1 aliphatic rings. The summed E-state index contributed by atoms with van der Waals surface area (Å²) in [6.45, 7) is 0.786. The molecular weight excluding hydrogens is 470 g/mol. The van der Waals surface area contributed by atoms with E-state index in [-0.39, 0.29) is 30.5 Å². The fourth-order valence-corrected chi connectivity index (χ4v) is 3.71. The summed E-state index contributed by atoms with van der Waals surface area (Å²) < 4.78 is 24.3. The number of esters is 1. The first-order chi connectivity index (χ1) is 18.2. The van der Waals surface area contributed by atoms with E-state index in [1.165, 1.54) is 0 Å². The van der Waals surface area contributed by atoms with Crippen LogP contribution in [0.2, 0.25) is 0 Å². The second-order valence-corrected chi connectivity index (χ2v) is 8.22. The molecule has 0 fully saturated rings. The Bertz CT molecular complexity index is 1410. The Kier molecular flexibility index (Phi) is 7.26. The van der Waals surface area contributed by atoms with Gasteiger partial charge in [-0.3, -0.25) is 0 Å². The molecule has 0 amide bonds. The molecule has 0 aliphatic carbocycles. The number of cyclic esters (lactones) is 1. The summed E-state index contributed by atoms with van der Waals surface area (Å²) in [5.74, 6) is 0.765. The molecule has 1 aliphatic heterocycles. The maximum Gasteiger partial charge on any atom is 0.383 e. The Balaban J connectivity index is 1.35. The highest BCUT2D eigenvalue weighted by Crippen LogP contribution is 2.30. The van der Waals surface area contributed by atoms with Crippen LogP contribution in [0.25, 0.3) is 11.3 Å². The quantitative estimate of drug-likeness (QED) is 0.285. The number of rotatable bonds is 10. The van der Waals surface area contributed by atoms with E-state index in [1.54, 1.807) is 17.9 Å². The lowest BCUT2D eigenvalue weighted by Crippen LogP contribution is -2.04. The SMILES string of the molecule is COc1ccc(-c2cn(C/C=C3\OC(=O)C(OCc4ccccc4)=C3OCc3ccccc3)nn2)cc1. The van der Waals surface area contributed by atoms with Gasteiger partial charge in [0.2, 0.25) is 5.76 Å². The molecule has 0 N–H and O–H groups in total. The van der Waals surface area contributed by atoms with Crippen molar-refractivity contribution in [1.29, 1.82) is 0 Å². The van der Waals surface area contributed by atoms with Crippen LogP contribution in [-0.2, 0) is 38.8 Å². The highest BCUT2D eigenvalue weighted by molar-refractivity contribution is 5.91. The minimum atomic E-state index is -0.595. The standard InChI is InChI=1S/C29H25N3O5/c1-34-24-14-12-23(13-15-24)25-18-32(31-30-25)17-16-26-27(35-19-21-8-4-2-5-9-21)28(29(33)37-26)36-20-22-10-6-3-7-11-22/h2-16,18H,17,19-20H2,1H3/b26-16-. The number of benzene rings is 3. The maximum atomic E-state index is 12.7. The van der Waals surface area contributed by atoms with Crippen molar-refractivity contribution in [2.75, 3.05) is 7.11 Å². The Hall–Kier alpha value is -4.85. The van der Waals surface area contributed by atoms with Crippen molar-refractivity contribution in [3.8, 4) is 17.0 Å². The number of carbonyl (C=O) groups excluding carboxylic acids is 1. The molecule has 4 aromatic rings. The lowest BCUT2D eigenvalue weighted by molar-refractivity contribution is -0.136. The third-order valence-electron chi connectivity index (χ3n) is 5.66. The van der Waals surface area contributed by atoms with Crippen molar-refractivity contribution in [2.45, 2.75) is 19.8 Å². The monoisotopic (exact) mass is 495 g/mol. The van der Waals surface area contributed by atoms with Crippen molar-refractivity contribution < 1.29 is 23.7 Å². The fourth-order valence-electron chi connectivity index (χ4n) is 3.71. The molecule has 0 bridgehead atoms. The van der Waals surface area contributed by atoms with Crippen molar-refractivity contribution in [1.82, 2.24) is 15.0 Å². The van der Waals surface area contributed by atoms with E-state index in [1.807, 2.05) is 91.1 Å². The zero-order valence-corrected chi connectivity index (χ0v) is 20.2. The predicted molar refractivity (Wildman–Crippen MR) is 136 cm³/mol. The van der Waals surface area contributed by atoms with Crippen LogP contribution in [0.4, 0.5) is 0 Å². The van der Waals surface area contributed by atoms with Gasteiger partial charge in [-0.2, -0.15) is 0 Å². The second-order valence-electron chi connectivity index (χ2n) is 8.22. The van der Waals surface area contributed by atoms with Gasteiger partial charge in [0, 0.05) is 5.56 Å². The highest BCUT2D eigenvalue weighted by atomic mass is 16.6. The molecule has 3 aromatic carbocycles. The van der Waals surface area contributed by atoms with Crippen LogP contribution in [0.3, 0.4) is 0 Å². The minimum absolute atomic E-state index is 0.0450. The molecule has 8 heteroatoms. The van der Waals surface area contributed by atoms with Gasteiger partial charge in [-0.05, 0) is 41.5 Å². The van der Waals surface area contributed by atoms with Gasteiger partial charge >= 0.3 is 5.97 Å². The van der Waals surface area contributed by atoms with Crippen LogP contribution in [-0.4, -0.2) is 28.1 Å². The van der Waals surface area contributed by atoms with Crippen LogP contribution in [0, 0.1) is 0 Å². The summed E-state index contributed by atoms with van der Waals surface area (Å²) >= 11 is 0. The van der Waals surface area contributed by atoms with Crippen molar-refractivity contribution in [2.24, 2.45) is 0 Å². The number of carbonyl (C=O) groups is 1. The summed E-state index contributed by atoms with van der Waals surface area (Å²) in [5.41, 5.74) is 3.51. The van der Waals surface area contributed by atoms with E-state index in [2.05, 4.69) is 10.3 Å². The molecule has 186 valence electrons. The van der Waals surface area contributed by atoms with Gasteiger partial charge < -0.3 is 18.9 Å². The molecule has 2 heterocycles. The Morgan fingerprint density at radius 3 is 2.08 bits per heavy atom. The number of hydrogen-bond donors (Lipinski definition) is 0. The Labute approximate surface area is 214 Å². The first kappa shape index (κ1) is 23.9. The third kappa shape index (κ3) is 5.87. The van der Waals surface area contributed by atoms with E-state index >= 15 is 0 Å². The van der Waals surface area contributed by atoms with E-state index in [4.69, 9.17) is 18.9 Å². The minimum Gasteiger partial charge on any atom is -0.497 e. The predicted octanol–water partition coefficient (Wildman–Crippen LogP) is 5.04. The average Bonchev–Trinajstić information content (AvgIpc) is 3.54. The molecule has 0 radical (unpaired) electrons. The molecule has 0 saturated carbocycles. The van der Waals surface area contributed by atoms with Gasteiger partial charge in [0.05, 0.1) is 19.9 Å². The van der Waals surface area contributed by atoms with E-state index < -0.39 is 5.97 Å². The van der Waals surface area contributed by atoms with E-state index in [0.29, 0.717) is 12.2 Å². The molecule has 8 nitrogen and oxygen atoms in total. The van der Waals surface area contributed by atoms with E-state index in [9.17, 15) is 4.79 Å². The topological polar surface area (TPSA) is 84.7 Å². The Morgan fingerprint density at radius 2 is 1.46 bits per heavy atom. The fraction of sp³-hybridized carbons (Fsp3) is 0.138. The summed E-state index contributed by atoms with van der Waals surface area (Å²) in [4.78, 5) is 12.7. The van der Waals surface area contributed by atoms with Crippen molar-refractivity contribution >= 4 is 5.97 Å². The molecule has 0 spiro atoms. The number of hydrogen-bond acceptors (Lipinski definition) is 7. The molecule has 0 unspecified atom stereocenters. The summed E-state index contributed by atoms with van der Waals surface area (Å²) in [5, 5.41) is 8.43. The normalized spacial score (nSPS) is 14.1. The summed E-state index contributed by atoms with van der Waals surface area (Å²) in [6, 6.07) is 26.8. The van der Waals surface area contributed by atoms with Crippen LogP contribution in [0.15, 0.2) is 114 Å². The first-order valence-electron chi connectivity index (χ1n) is 11.7. The average molecular weight is 496 g/mol.